The zero-order valence-corrected chi connectivity index (χ0v) is 18.0. The molecule has 1 aliphatic rings. The molecule has 1 atom stereocenters. The van der Waals surface area contributed by atoms with Gasteiger partial charge in [-0.3, -0.25) is 9.78 Å². The van der Waals surface area contributed by atoms with E-state index in [0.717, 1.165) is 27.1 Å². The van der Waals surface area contributed by atoms with Gasteiger partial charge in [-0.1, -0.05) is 0 Å². The number of anilines is 3. The van der Waals surface area contributed by atoms with Crippen LogP contribution in [0.15, 0.2) is 36.7 Å². The van der Waals surface area contributed by atoms with Crippen molar-refractivity contribution >= 4 is 33.9 Å². The van der Waals surface area contributed by atoms with Crippen LogP contribution in [0.25, 0.3) is 0 Å². The van der Waals surface area contributed by atoms with E-state index in [-0.39, 0.29) is 12.0 Å². The second-order valence-corrected chi connectivity index (χ2v) is 8.35. The molecule has 3 aromatic rings. The van der Waals surface area contributed by atoms with E-state index in [9.17, 15) is 4.79 Å². The summed E-state index contributed by atoms with van der Waals surface area (Å²) in [5.74, 6) is 0.630. The fraction of sp³-hybridized carbons (Fsp3) is 0.333. The summed E-state index contributed by atoms with van der Waals surface area (Å²) in [5, 5.41) is 7.14. The summed E-state index contributed by atoms with van der Waals surface area (Å²) in [4.78, 5) is 29.1. The third-order valence-electron chi connectivity index (χ3n) is 4.79. The molecule has 1 saturated heterocycles. The van der Waals surface area contributed by atoms with Crippen molar-refractivity contribution in [1.82, 2.24) is 19.9 Å². The van der Waals surface area contributed by atoms with Crippen molar-refractivity contribution in [3.8, 4) is 0 Å². The van der Waals surface area contributed by atoms with Crippen LogP contribution >= 0.6 is 11.3 Å². The second-order valence-electron chi connectivity index (χ2n) is 7.11. The molecule has 1 amide bonds. The van der Waals surface area contributed by atoms with Gasteiger partial charge in [0.05, 0.1) is 18.8 Å². The highest BCUT2D eigenvalue weighted by Crippen LogP contribution is 2.27. The zero-order valence-electron chi connectivity index (χ0n) is 17.2. The van der Waals surface area contributed by atoms with E-state index >= 15 is 0 Å². The minimum atomic E-state index is -0.285. The number of ether oxygens (including phenoxy) is 1. The topological polar surface area (TPSA) is 92.3 Å². The molecule has 1 fully saturated rings. The normalized spacial score (nSPS) is 16.4. The predicted octanol–water partition coefficient (Wildman–Crippen LogP) is 3.55. The number of morpholine rings is 1. The minimum Gasteiger partial charge on any atom is -0.373 e. The summed E-state index contributed by atoms with van der Waals surface area (Å²) >= 11 is 1.60. The standard InChI is InChI=1S/C21H24N6O2S/c1-13-8-16(26-21-24-11-14(2)30-21)10-17(25-13)18-12-27(6-7-29-18)20(28)15-4-5-23-19(9-15)22-3/h4-5,8-11,18H,6-7,12H2,1-3H3,(H,22,23)(H,24,25,26). The lowest BCUT2D eigenvalue weighted by atomic mass is 10.1. The fourth-order valence-electron chi connectivity index (χ4n) is 3.36. The summed E-state index contributed by atoms with van der Waals surface area (Å²) in [6.07, 6.45) is 3.19. The molecule has 0 radical (unpaired) electrons. The van der Waals surface area contributed by atoms with Crippen LogP contribution in [0.3, 0.4) is 0 Å². The van der Waals surface area contributed by atoms with Gasteiger partial charge in [-0.25, -0.2) is 9.97 Å². The van der Waals surface area contributed by atoms with Crippen molar-refractivity contribution < 1.29 is 9.53 Å². The lowest BCUT2D eigenvalue weighted by molar-refractivity contribution is -0.0247. The van der Waals surface area contributed by atoms with Gasteiger partial charge in [0.25, 0.3) is 5.91 Å². The quantitative estimate of drug-likeness (QED) is 0.647. The molecule has 2 N–H and O–H groups in total. The van der Waals surface area contributed by atoms with Gasteiger partial charge in [0.15, 0.2) is 5.13 Å². The SMILES string of the molecule is CNc1cc(C(=O)N2CCOC(c3cc(Nc4ncc(C)s4)cc(C)n3)C2)ccn1. The van der Waals surface area contributed by atoms with E-state index in [1.54, 1.807) is 36.7 Å². The Labute approximate surface area is 179 Å². The Morgan fingerprint density at radius 1 is 1.27 bits per heavy atom. The molecule has 0 bridgehead atoms. The van der Waals surface area contributed by atoms with E-state index in [4.69, 9.17) is 4.74 Å². The van der Waals surface area contributed by atoms with Gasteiger partial charge in [-0.05, 0) is 38.1 Å². The summed E-state index contributed by atoms with van der Waals surface area (Å²) in [6.45, 7) is 5.42. The van der Waals surface area contributed by atoms with Gasteiger partial charge < -0.3 is 20.3 Å². The largest absolute Gasteiger partial charge is 0.373 e. The molecule has 1 aliphatic heterocycles. The number of aromatic nitrogens is 3. The first-order chi connectivity index (χ1) is 14.5. The summed E-state index contributed by atoms with van der Waals surface area (Å²) in [6, 6.07) is 7.43. The van der Waals surface area contributed by atoms with Crippen molar-refractivity contribution in [3.63, 3.8) is 0 Å². The maximum absolute atomic E-state index is 13.0. The van der Waals surface area contributed by atoms with Gasteiger partial charge in [-0.15, -0.1) is 11.3 Å². The van der Waals surface area contributed by atoms with Crippen LogP contribution in [0.4, 0.5) is 16.6 Å². The Kier molecular flexibility index (Phi) is 5.91. The van der Waals surface area contributed by atoms with Gasteiger partial charge in [0, 0.05) is 47.8 Å². The first kappa shape index (κ1) is 20.2. The molecule has 0 aromatic carbocycles. The first-order valence-electron chi connectivity index (χ1n) is 9.74. The number of hydrogen-bond acceptors (Lipinski definition) is 8. The molecule has 4 heterocycles. The van der Waals surface area contributed by atoms with Gasteiger partial charge in [0.2, 0.25) is 0 Å². The van der Waals surface area contributed by atoms with E-state index in [2.05, 4.69) is 25.6 Å². The number of pyridine rings is 2. The van der Waals surface area contributed by atoms with Crippen molar-refractivity contribution in [2.75, 3.05) is 37.4 Å². The number of aryl methyl sites for hydroxylation is 2. The molecular formula is C21H24N6O2S. The van der Waals surface area contributed by atoms with E-state index in [1.165, 1.54) is 0 Å². The molecular weight excluding hydrogens is 400 g/mol. The second kappa shape index (κ2) is 8.76. The van der Waals surface area contributed by atoms with Crippen LogP contribution in [0, 0.1) is 13.8 Å². The third kappa shape index (κ3) is 4.58. The number of hydrogen-bond donors (Lipinski definition) is 2. The van der Waals surface area contributed by atoms with Crippen LogP contribution in [0.1, 0.15) is 32.7 Å². The molecule has 4 rings (SSSR count). The average molecular weight is 425 g/mol. The van der Waals surface area contributed by atoms with Gasteiger partial charge in [-0.2, -0.15) is 0 Å². The number of carbonyl (C=O) groups excluding carboxylic acids is 1. The van der Waals surface area contributed by atoms with Crippen LogP contribution in [0.2, 0.25) is 0 Å². The third-order valence-corrected chi connectivity index (χ3v) is 5.62. The predicted molar refractivity (Wildman–Crippen MR) is 117 cm³/mol. The number of nitrogens with one attached hydrogen (secondary N) is 2. The molecule has 0 spiro atoms. The van der Waals surface area contributed by atoms with Crippen molar-refractivity contribution in [3.05, 3.63) is 58.5 Å². The Morgan fingerprint density at radius 2 is 2.13 bits per heavy atom. The van der Waals surface area contributed by atoms with Crippen LogP contribution in [0.5, 0.6) is 0 Å². The van der Waals surface area contributed by atoms with Crippen LogP contribution < -0.4 is 10.6 Å². The molecule has 0 aliphatic carbocycles. The molecule has 3 aromatic heterocycles. The number of rotatable bonds is 5. The maximum Gasteiger partial charge on any atom is 0.254 e. The van der Waals surface area contributed by atoms with Crippen LogP contribution in [-0.2, 0) is 4.74 Å². The Morgan fingerprint density at radius 3 is 2.90 bits per heavy atom. The smallest absolute Gasteiger partial charge is 0.254 e. The number of carbonyl (C=O) groups is 1. The van der Waals surface area contributed by atoms with Crippen LogP contribution in [-0.4, -0.2) is 52.5 Å². The average Bonchev–Trinajstić information content (AvgIpc) is 3.17. The first-order valence-corrected chi connectivity index (χ1v) is 10.6. The highest BCUT2D eigenvalue weighted by Gasteiger charge is 2.27. The zero-order chi connectivity index (χ0) is 21.1. The number of amides is 1. The maximum atomic E-state index is 13.0. The molecule has 8 nitrogen and oxygen atoms in total. The fourth-order valence-corrected chi connectivity index (χ4v) is 4.05. The Bertz CT molecular complexity index is 1050. The van der Waals surface area contributed by atoms with E-state index in [1.807, 2.05) is 37.1 Å². The lowest BCUT2D eigenvalue weighted by Gasteiger charge is -2.33. The summed E-state index contributed by atoms with van der Waals surface area (Å²) in [5.41, 5.74) is 3.19. The molecule has 0 saturated carbocycles. The van der Waals surface area contributed by atoms with Crippen molar-refractivity contribution in [2.45, 2.75) is 20.0 Å². The monoisotopic (exact) mass is 424 g/mol. The Hall–Kier alpha value is -3.04. The van der Waals surface area contributed by atoms with Gasteiger partial charge >= 0.3 is 0 Å². The minimum absolute atomic E-state index is 0.0357. The van der Waals surface area contributed by atoms with E-state index < -0.39 is 0 Å². The highest BCUT2D eigenvalue weighted by molar-refractivity contribution is 7.15. The molecule has 9 heteroatoms. The van der Waals surface area contributed by atoms with Crippen molar-refractivity contribution in [1.29, 1.82) is 0 Å². The Balaban J connectivity index is 1.52. The summed E-state index contributed by atoms with van der Waals surface area (Å²) < 4.78 is 5.97. The molecule has 30 heavy (non-hydrogen) atoms. The number of nitrogens with zero attached hydrogens (tertiary/aromatic N) is 4. The lowest BCUT2D eigenvalue weighted by Crippen LogP contribution is -2.42. The van der Waals surface area contributed by atoms with E-state index in [0.29, 0.717) is 31.1 Å². The summed E-state index contributed by atoms with van der Waals surface area (Å²) in [7, 11) is 1.78. The highest BCUT2D eigenvalue weighted by atomic mass is 32.1. The molecule has 156 valence electrons. The van der Waals surface area contributed by atoms with Crippen molar-refractivity contribution in [2.24, 2.45) is 0 Å². The molecule has 1 unspecified atom stereocenters. The number of thiazole rings is 1. The van der Waals surface area contributed by atoms with Gasteiger partial charge in [0.1, 0.15) is 11.9 Å².